The SMILES string of the molecule is COc1ccc(N2CCCCC2CBr)nc1. The maximum absolute atomic E-state index is 5.12. The molecule has 1 atom stereocenters. The van der Waals surface area contributed by atoms with Crippen molar-refractivity contribution in [1.82, 2.24) is 4.98 Å². The molecule has 1 aliphatic rings. The van der Waals surface area contributed by atoms with Crippen molar-refractivity contribution in [2.24, 2.45) is 0 Å². The lowest BCUT2D eigenvalue weighted by molar-refractivity contribution is 0.412. The van der Waals surface area contributed by atoms with E-state index in [1.54, 1.807) is 13.3 Å². The van der Waals surface area contributed by atoms with Crippen LogP contribution in [0.25, 0.3) is 0 Å². The van der Waals surface area contributed by atoms with Gasteiger partial charge in [0.15, 0.2) is 0 Å². The minimum atomic E-state index is 0.578. The smallest absolute Gasteiger partial charge is 0.137 e. The van der Waals surface area contributed by atoms with Crippen molar-refractivity contribution in [3.8, 4) is 5.75 Å². The Morgan fingerprint density at radius 3 is 3.00 bits per heavy atom. The quantitative estimate of drug-likeness (QED) is 0.798. The van der Waals surface area contributed by atoms with E-state index in [0.29, 0.717) is 6.04 Å². The summed E-state index contributed by atoms with van der Waals surface area (Å²) in [4.78, 5) is 6.84. The number of nitrogens with zero attached hydrogens (tertiary/aromatic N) is 2. The van der Waals surface area contributed by atoms with Gasteiger partial charge in [-0.25, -0.2) is 4.98 Å². The molecule has 3 nitrogen and oxygen atoms in total. The number of pyridine rings is 1. The summed E-state index contributed by atoms with van der Waals surface area (Å²) >= 11 is 3.58. The van der Waals surface area contributed by atoms with E-state index >= 15 is 0 Å². The van der Waals surface area contributed by atoms with E-state index in [1.165, 1.54) is 19.3 Å². The molecule has 1 aromatic heterocycles. The first-order chi connectivity index (χ1) is 7.85. The van der Waals surface area contributed by atoms with Crippen molar-refractivity contribution < 1.29 is 4.74 Å². The summed E-state index contributed by atoms with van der Waals surface area (Å²) < 4.78 is 5.12. The number of hydrogen-bond acceptors (Lipinski definition) is 3. The second-order valence-electron chi connectivity index (χ2n) is 4.05. The Balaban J connectivity index is 2.14. The van der Waals surface area contributed by atoms with Gasteiger partial charge >= 0.3 is 0 Å². The van der Waals surface area contributed by atoms with Gasteiger partial charge in [-0.2, -0.15) is 0 Å². The summed E-state index contributed by atoms with van der Waals surface area (Å²) in [6, 6.07) is 4.59. The van der Waals surface area contributed by atoms with Gasteiger partial charge in [-0.3, -0.25) is 0 Å². The standard InChI is InChI=1S/C12H17BrN2O/c1-16-11-5-6-12(14-9-11)15-7-3-2-4-10(15)8-13/h5-6,9-10H,2-4,7-8H2,1H3. The van der Waals surface area contributed by atoms with Crippen molar-refractivity contribution in [2.45, 2.75) is 25.3 Å². The zero-order valence-electron chi connectivity index (χ0n) is 9.53. The van der Waals surface area contributed by atoms with Crippen molar-refractivity contribution in [3.63, 3.8) is 0 Å². The van der Waals surface area contributed by atoms with E-state index in [-0.39, 0.29) is 0 Å². The van der Waals surface area contributed by atoms with E-state index in [9.17, 15) is 0 Å². The Kier molecular flexibility index (Phi) is 4.04. The fourth-order valence-electron chi connectivity index (χ4n) is 2.13. The maximum Gasteiger partial charge on any atom is 0.137 e. The molecule has 1 aliphatic heterocycles. The summed E-state index contributed by atoms with van der Waals surface area (Å²) in [5, 5.41) is 1.01. The number of halogens is 1. The molecular formula is C12H17BrN2O. The summed E-state index contributed by atoms with van der Waals surface area (Å²) in [7, 11) is 1.67. The molecule has 0 radical (unpaired) electrons. The molecule has 4 heteroatoms. The summed E-state index contributed by atoms with van der Waals surface area (Å²) in [6.45, 7) is 1.11. The number of methoxy groups -OCH3 is 1. The van der Waals surface area contributed by atoms with Crippen LogP contribution in [-0.2, 0) is 0 Å². The second kappa shape index (κ2) is 5.53. The molecule has 1 saturated heterocycles. The highest BCUT2D eigenvalue weighted by Gasteiger charge is 2.22. The molecule has 0 bridgehead atoms. The van der Waals surface area contributed by atoms with Gasteiger partial charge in [0.2, 0.25) is 0 Å². The van der Waals surface area contributed by atoms with Crippen LogP contribution in [0.1, 0.15) is 19.3 Å². The molecular weight excluding hydrogens is 268 g/mol. The van der Waals surface area contributed by atoms with E-state index in [0.717, 1.165) is 23.4 Å². The number of piperidine rings is 1. The molecule has 1 unspecified atom stereocenters. The van der Waals surface area contributed by atoms with E-state index in [2.05, 4.69) is 25.8 Å². The van der Waals surface area contributed by atoms with Gasteiger partial charge in [-0.05, 0) is 31.4 Å². The Morgan fingerprint density at radius 2 is 2.38 bits per heavy atom. The van der Waals surface area contributed by atoms with Gasteiger partial charge < -0.3 is 9.64 Å². The maximum atomic E-state index is 5.12. The number of alkyl halides is 1. The van der Waals surface area contributed by atoms with Crippen molar-refractivity contribution in [1.29, 1.82) is 0 Å². The Hall–Kier alpha value is -0.770. The Labute approximate surface area is 105 Å². The van der Waals surface area contributed by atoms with Crippen LogP contribution < -0.4 is 9.64 Å². The van der Waals surface area contributed by atoms with Crippen molar-refractivity contribution in [3.05, 3.63) is 18.3 Å². The highest BCUT2D eigenvalue weighted by atomic mass is 79.9. The van der Waals surface area contributed by atoms with Crippen LogP contribution in [0.3, 0.4) is 0 Å². The van der Waals surface area contributed by atoms with Gasteiger partial charge in [0.25, 0.3) is 0 Å². The number of anilines is 1. The van der Waals surface area contributed by atoms with Crippen molar-refractivity contribution in [2.75, 3.05) is 23.9 Å². The molecule has 0 saturated carbocycles. The van der Waals surface area contributed by atoms with Crippen LogP contribution in [0, 0.1) is 0 Å². The first kappa shape index (κ1) is 11.7. The normalized spacial score (nSPS) is 20.9. The average molecular weight is 285 g/mol. The second-order valence-corrected chi connectivity index (χ2v) is 4.70. The monoisotopic (exact) mass is 284 g/mol. The molecule has 1 aromatic rings. The largest absolute Gasteiger partial charge is 0.495 e. The molecule has 2 rings (SSSR count). The highest BCUT2D eigenvalue weighted by Crippen LogP contribution is 2.25. The minimum Gasteiger partial charge on any atom is -0.495 e. The van der Waals surface area contributed by atoms with Crippen molar-refractivity contribution >= 4 is 21.7 Å². The molecule has 16 heavy (non-hydrogen) atoms. The third kappa shape index (κ3) is 2.48. The van der Waals surface area contributed by atoms with Crippen LogP contribution in [0.5, 0.6) is 5.75 Å². The highest BCUT2D eigenvalue weighted by molar-refractivity contribution is 9.09. The van der Waals surface area contributed by atoms with Gasteiger partial charge in [-0.15, -0.1) is 0 Å². The van der Waals surface area contributed by atoms with Crippen LogP contribution in [-0.4, -0.2) is 30.0 Å². The molecule has 0 amide bonds. The first-order valence-corrected chi connectivity index (χ1v) is 6.80. The van der Waals surface area contributed by atoms with Gasteiger partial charge in [0.05, 0.1) is 13.3 Å². The van der Waals surface area contributed by atoms with Gasteiger partial charge in [0, 0.05) is 17.9 Å². The van der Waals surface area contributed by atoms with E-state index in [1.807, 2.05) is 12.1 Å². The third-order valence-corrected chi connectivity index (χ3v) is 3.80. The third-order valence-electron chi connectivity index (χ3n) is 3.06. The average Bonchev–Trinajstić information content (AvgIpc) is 2.39. The zero-order chi connectivity index (χ0) is 11.4. The molecule has 0 spiro atoms. The van der Waals surface area contributed by atoms with Gasteiger partial charge in [0.1, 0.15) is 11.6 Å². The lowest BCUT2D eigenvalue weighted by Gasteiger charge is -2.35. The van der Waals surface area contributed by atoms with Crippen LogP contribution >= 0.6 is 15.9 Å². The number of aromatic nitrogens is 1. The summed E-state index contributed by atoms with van der Waals surface area (Å²) in [6.07, 6.45) is 5.62. The molecule has 0 aromatic carbocycles. The molecule has 2 heterocycles. The number of ether oxygens (including phenoxy) is 1. The van der Waals surface area contributed by atoms with E-state index in [4.69, 9.17) is 4.74 Å². The van der Waals surface area contributed by atoms with Crippen LogP contribution in [0.2, 0.25) is 0 Å². The van der Waals surface area contributed by atoms with Crippen LogP contribution in [0.15, 0.2) is 18.3 Å². The summed E-state index contributed by atoms with van der Waals surface area (Å²) in [5.74, 6) is 1.88. The number of hydrogen-bond donors (Lipinski definition) is 0. The fraction of sp³-hybridized carbons (Fsp3) is 0.583. The Morgan fingerprint density at radius 1 is 1.50 bits per heavy atom. The lowest BCUT2D eigenvalue weighted by Crippen LogP contribution is -2.41. The molecule has 0 N–H and O–H groups in total. The van der Waals surface area contributed by atoms with Gasteiger partial charge in [-0.1, -0.05) is 15.9 Å². The summed E-state index contributed by atoms with van der Waals surface area (Å²) in [5.41, 5.74) is 0. The molecule has 0 aliphatic carbocycles. The first-order valence-electron chi connectivity index (χ1n) is 5.68. The predicted octanol–water partition coefficient (Wildman–Crippen LogP) is 2.84. The minimum absolute atomic E-state index is 0.578. The Bertz CT molecular complexity index is 328. The fourth-order valence-corrected chi connectivity index (χ4v) is 2.80. The molecule has 1 fully saturated rings. The van der Waals surface area contributed by atoms with Crippen LogP contribution in [0.4, 0.5) is 5.82 Å². The molecule has 88 valence electrons. The van der Waals surface area contributed by atoms with E-state index < -0.39 is 0 Å². The number of rotatable bonds is 3. The predicted molar refractivity (Wildman–Crippen MR) is 69.6 cm³/mol. The topological polar surface area (TPSA) is 25.4 Å². The lowest BCUT2D eigenvalue weighted by atomic mass is 10.0. The zero-order valence-corrected chi connectivity index (χ0v) is 11.1.